The maximum atomic E-state index is 11.8. The number of rotatable bonds is 4. The highest BCUT2D eigenvalue weighted by molar-refractivity contribution is 7.21. The van der Waals surface area contributed by atoms with Gasteiger partial charge >= 0.3 is 0 Å². The van der Waals surface area contributed by atoms with Gasteiger partial charge in [0.2, 0.25) is 5.91 Å². The monoisotopic (exact) mass is 311 g/mol. The minimum absolute atomic E-state index is 0.0481. The largest absolute Gasteiger partial charge is 0.326 e. The zero-order chi connectivity index (χ0) is 15.5. The number of fused-ring (bicyclic) bond motifs is 1. The van der Waals surface area contributed by atoms with Crippen LogP contribution in [0.2, 0.25) is 0 Å². The molecule has 5 heteroatoms. The molecule has 0 fully saturated rings. The third kappa shape index (κ3) is 3.31. The number of thiazole rings is 1. The van der Waals surface area contributed by atoms with Gasteiger partial charge in [-0.25, -0.2) is 9.97 Å². The molecule has 0 atom stereocenters. The van der Waals surface area contributed by atoms with Crippen molar-refractivity contribution in [3.8, 4) is 10.6 Å². The minimum atomic E-state index is 0.0481. The number of hydrogen-bond acceptors (Lipinski definition) is 4. The van der Waals surface area contributed by atoms with E-state index in [-0.39, 0.29) is 5.91 Å². The van der Waals surface area contributed by atoms with E-state index in [1.165, 1.54) is 0 Å². The Kier molecular flexibility index (Phi) is 4.15. The number of nitrogens with zero attached hydrogens (tertiary/aromatic N) is 2. The Morgan fingerprint density at radius 1 is 1.23 bits per heavy atom. The zero-order valence-electron chi connectivity index (χ0n) is 12.5. The number of nitrogens with one attached hydrogen (secondary N) is 1. The second kappa shape index (κ2) is 6.23. The van der Waals surface area contributed by atoms with Crippen LogP contribution < -0.4 is 5.32 Å². The van der Waals surface area contributed by atoms with Crippen molar-refractivity contribution in [2.75, 3.05) is 5.32 Å². The first-order chi connectivity index (χ1) is 10.6. The summed E-state index contributed by atoms with van der Waals surface area (Å²) in [4.78, 5) is 21.6. The molecule has 0 unspecified atom stereocenters. The van der Waals surface area contributed by atoms with Crippen LogP contribution in [0.25, 0.3) is 20.9 Å². The summed E-state index contributed by atoms with van der Waals surface area (Å²) in [6.45, 7) is 4.06. The van der Waals surface area contributed by atoms with E-state index in [2.05, 4.69) is 15.3 Å². The molecule has 4 nitrogen and oxygen atoms in total. The van der Waals surface area contributed by atoms with Gasteiger partial charge < -0.3 is 5.32 Å². The smallest absolute Gasteiger partial charge is 0.224 e. The number of aromatic nitrogens is 2. The number of anilines is 1. The van der Waals surface area contributed by atoms with E-state index in [0.29, 0.717) is 12.3 Å². The number of benzene rings is 1. The van der Waals surface area contributed by atoms with Crippen molar-refractivity contribution >= 4 is 33.3 Å². The molecular formula is C17H17N3OS. The highest BCUT2D eigenvalue weighted by Gasteiger charge is 2.08. The van der Waals surface area contributed by atoms with Crippen LogP contribution in [0.5, 0.6) is 0 Å². The molecular weight excluding hydrogens is 294 g/mol. The van der Waals surface area contributed by atoms with Crippen molar-refractivity contribution in [3.05, 3.63) is 42.6 Å². The fourth-order valence-electron chi connectivity index (χ4n) is 2.17. The van der Waals surface area contributed by atoms with Gasteiger partial charge in [0.05, 0.1) is 0 Å². The van der Waals surface area contributed by atoms with Crippen LogP contribution in [-0.4, -0.2) is 15.9 Å². The van der Waals surface area contributed by atoms with Crippen molar-refractivity contribution in [1.82, 2.24) is 9.97 Å². The number of carbonyl (C=O) groups is 1. The molecule has 112 valence electrons. The Labute approximate surface area is 133 Å². The lowest BCUT2D eigenvalue weighted by atomic mass is 10.1. The first kappa shape index (κ1) is 14.7. The van der Waals surface area contributed by atoms with E-state index in [1.807, 2.05) is 50.2 Å². The Bertz CT molecular complexity index is 760. The number of amides is 1. The summed E-state index contributed by atoms with van der Waals surface area (Å²) >= 11 is 1.57. The van der Waals surface area contributed by atoms with Gasteiger partial charge in [-0.1, -0.05) is 25.2 Å². The van der Waals surface area contributed by atoms with Crippen LogP contribution in [0.3, 0.4) is 0 Å². The Hall–Kier alpha value is -2.27. The third-order valence-corrected chi connectivity index (χ3v) is 4.20. The predicted octanol–water partition coefficient (Wildman–Crippen LogP) is 4.34. The summed E-state index contributed by atoms with van der Waals surface area (Å²) in [7, 11) is 0. The molecule has 2 heterocycles. The Balaban J connectivity index is 1.77. The molecule has 0 aliphatic heterocycles. The normalized spacial score (nSPS) is 11.0. The van der Waals surface area contributed by atoms with Crippen LogP contribution in [0.4, 0.5) is 5.69 Å². The van der Waals surface area contributed by atoms with Gasteiger partial charge in [-0.2, -0.15) is 0 Å². The summed E-state index contributed by atoms with van der Waals surface area (Å²) in [5, 5.41) is 3.85. The van der Waals surface area contributed by atoms with Crippen LogP contribution in [0.1, 0.15) is 20.3 Å². The van der Waals surface area contributed by atoms with Crippen LogP contribution >= 0.6 is 11.3 Å². The second-order valence-corrected chi connectivity index (χ2v) is 6.55. The van der Waals surface area contributed by atoms with Crippen LogP contribution in [-0.2, 0) is 4.79 Å². The van der Waals surface area contributed by atoms with E-state index in [9.17, 15) is 4.79 Å². The molecule has 1 N–H and O–H groups in total. The predicted molar refractivity (Wildman–Crippen MR) is 90.9 cm³/mol. The van der Waals surface area contributed by atoms with Gasteiger partial charge in [0.1, 0.15) is 15.4 Å². The number of pyridine rings is 1. The lowest BCUT2D eigenvalue weighted by molar-refractivity contribution is -0.116. The van der Waals surface area contributed by atoms with Gasteiger partial charge in [0.25, 0.3) is 0 Å². The Morgan fingerprint density at radius 3 is 2.68 bits per heavy atom. The molecule has 1 amide bonds. The summed E-state index contributed by atoms with van der Waals surface area (Å²) in [5.74, 6) is 0.404. The summed E-state index contributed by atoms with van der Waals surface area (Å²) in [6, 6.07) is 11.6. The van der Waals surface area contributed by atoms with E-state index < -0.39 is 0 Å². The van der Waals surface area contributed by atoms with Crippen molar-refractivity contribution in [2.45, 2.75) is 20.3 Å². The topological polar surface area (TPSA) is 54.9 Å². The van der Waals surface area contributed by atoms with Crippen LogP contribution in [0, 0.1) is 5.92 Å². The highest BCUT2D eigenvalue weighted by Crippen LogP contribution is 2.29. The van der Waals surface area contributed by atoms with Gasteiger partial charge in [0, 0.05) is 23.9 Å². The maximum absolute atomic E-state index is 11.8. The molecule has 1 aromatic carbocycles. The molecule has 2 aromatic heterocycles. The second-order valence-electron chi connectivity index (χ2n) is 5.57. The van der Waals surface area contributed by atoms with E-state index in [1.54, 1.807) is 17.5 Å². The van der Waals surface area contributed by atoms with E-state index in [4.69, 9.17) is 0 Å². The van der Waals surface area contributed by atoms with Crippen molar-refractivity contribution < 1.29 is 4.79 Å². The molecule has 0 saturated carbocycles. The SMILES string of the molecule is CC(C)CC(=O)Nc1ccc(-c2nc3cccnc3s2)cc1. The fourth-order valence-corrected chi connectivity index (χ4v) is 3.09. The van der Waals surface area contributed by atoms with Gasteiger partial charge in [-0.15, -0.1) is 0 Å². The minimum Gasteiger partial charge on any atom is -0.326 e. The Morgan fingerprint density at radius 2 is 2.00 bits per heavy atom. The number of hydrogen-bond donors (Lipinski definition) is 1. The molecule has 22 heavy (non-hydrogen) atoms. The lowest BCUT2D eigenvalue weighted by Crippen LogP contribution is -2.13. The van der Waals surface area contributed by atoms with Crippen molar-refractivity contribution in [2.24, 2.45) is 5.92 Å². The molecule has 0 spiro atoms. The zero-order valence-corrected chi connectivity index (χ0v) is 13.4. The molecule has 3 aromatic rings. The molecule has 3 rings (SSSR count). The van der Waals surface area contributed by atoms with Crippen molar-refractivity contribution in [3.63, 3.8) is 0 Å². The molecule has 0 radical (unpaired) electrons. The average molecular weight is 311 g/mol. The van der Waals surface area contributed by atoms with Gasteiger partial charge in [-0.3, -0.25) is 4.79 Å². The lowest BCUT2D eigenvalue weighted by Gasteiger charge is -2.07. The molecule has 0 aliphatic rings. The fraction of sp³-hybridized carbons (Fsp3) is 0.235. The molecule has 0 aliphatic carbocycles. The molecule has 0 saturated heterocycles. The maximum Gasteiger partial charge on any atom is 0.224 e. The molecule has 0 bridgehead atoms. The quantitative estimate of drug-likeness (QED) is 0.779. The summed E-state index contributed by atoms with van der Waals surface area (Å²) < 4.78 is 0. The first-order valence-electron chi connectivity index (χ1n) is 7.23. The van der Waals surface area contributed by atoms with Crippen molar-refractivity contribution in [1.29, 1.82) is 0 Å². The van der Waals surface area contributed by atoms with Crippen LogP contribution in [0.15, 0.2) is 42.6 Å². The van der Waals surface area contributed by atoms with E-state index in [0.717, 1.165) is 26.6 Å². The first-order valence-corrected chi connectivity index (χ1v) is 8.05. The highest BCUT2D eigenvalue weighted by atomic mass is 32.1. The third-order valence-electron chi connectivity index (χ3n) is 3.18. The van der Waals surface area contributed by atoms with Gasteiger partial charge in [0.15, 0.2) is 0 Å². The number of carbonyl (C=O) groups excluding carboxylic acids is 1. The standard InChI is InChI=1S/C17H17N3OS/c1-11(2)10-15(21)19-13-7-5-12(6-8-13)16-20-14-4-3-9-18-17(14)22-16/h3-9,11H,10H2,1-2H3,(H,19,21). The van der Waals surface area contributed by atoms with E-state index >= 15 is 0 Å². The van der Waals surface area contributed by atoms with Gasteiger partial charge in [-0.05, 0) is 42.3 Å². The summed E-state index contributed by atoms with van der Waals surface area (Å²) in [5.41, 5.74) is 2.76. The average Bonchev–Trinajstić information content (AvgIpc) is 2.91. The summed E-state index contributed by atoms with van der Waals surface area (Å²) in [6.07, 6.45) is 2.31.